The monoisotopic (exact) mass is 446 g/mol. The van der Waals surface area contributed by atoms with Crippen LogP contribution in [0.25, 0.3) is 0 Å². The van der Waals surface area contributed by atoms with E-state index in [9.17, 15) is 4.79 Å². The fourth-order valence-corrected chi connectivity index (χ4v) is 9.30. The number of carbonyl (C=O) groups excluding carboxylic acids is 1. The number of carbonyl (C=O) groups is 1. The second kappa shape index (κ2) is 8.75. The predicted octanol–water partition coefficient (Wildman–Crippen LogP) is 6.97. The fourth-order valence-electron chi connectivity index (χ4n) is 9.30. The maximum absolute atomic E-state index is 12.8. The van der Waals surface area contributed by atoms with Crippen LogP contribution in [-0.4, -0.2) is 12.5 Å². The SMILES string of the molecule is C[C@H]1CC[C@@H]2C3CC[C@@]4(C)C(CCC[C@@H]4CNC(=O)c4cccc(C#N)c4)[C@@H]3CC[C@]2(C)C1. The van der Waals surface area contributed by atoms with Crippen LogP contribution in [-0.2, 0) is 0 Å². The van der Waals surface area contributed by atoms with Crippen LogP contribution in [0.5, 0.6) is 0 Å². The van der Waals surface area contributed by atoms with Gasteiger partial charge < -0.3 is 5.32 Å². The van der Waals surface area contributed by atoms with Gasteiger partial charge in [0.05, 0.1) is 11.6 Å². The molecule has 0 aliphatic heterocycles. The summed E-state index contributed by atoms with van der Waals surface area (Å²) >= 11 is 0. The second-order valence-corrected chi connectivity index (χ2v) is 12.7. The number of rotatable bonds is 3. The normalized spacial score (nSPS) is 42.2. The van der Waals surface area contributed by atoms with Crippen LogP contribution in [0.3, 0.4) is 0 Å². The van der Waals surface area contributed by atoms with E-state index in [1.165, 1.54) is 64.2 Å². The van der Waals surface area contributed by atoms with Gasteiger partial charge in [0, 0.05) is 12.1 Å². The minimum absolute atomic E-state index is 0.0312. The Balaban J connectivity index is 1.29. The van der Waals surface area contributed by atoms with Gasteiger partial charge in [0.1, 0.15) is 0 Å². The van der Waals surface area contributed by atoms with Crippen LogP contribution in [0.1, 0.15) is 101 Å². The molecule has 4 saturated carbocycles. The molecule has 3 nitrogen and oxygen atoms in total. The lowest BCUT2D eigenvalue weighted by Crippen LogP contribution is -2.56. The highest BCUT2D eigenvalue weighted by Crippen LogP contribution is 2.65. The Kier molecular flexibility index (Phi) is 6.09. The van der Waals surface area contributed by atoms with Crippen LogP contribution in [0.4, 0.5) is 0 Å². The van der Waals surface area contributed by atoms with E-state index < -0.39 is 0 Å². The van der Waals surface area contributed by atoms with Gasteiger partial charge in [-0.2, -0.15) is 5.26 Å². The zero-order chi connectivity index (χ0) is 23.2. The first-order valence-corrected chi connectivity index (χ1v) is 13.6. The molecule has 5 rings (SSSR count). The lowest BCUT2D eigenvalue weighted by atomic mass is 9.42. The Morgan fingerprint density at radius 2 is 1.85 bits per heavy atom. The Bertz CT molecular complexity index is 933. The van der Waals surface area contributed by atoms with E-state index >= 15 is 0 Å². The maximum atomic E-state index is 12.8. The number of nitrogens with zero attached hydrogens (tertiary/aromatic N) is 1. The zero-order valence-corrected chi connectivity index (χ0v) is 20.9. The van der Waals surface area contributed by atoms with Crippen LogP contribution >= 0.6 is 0 Å². The first-order chi connectivity index (χ1) is 15.8. The molecule has 0 bridgehead atoms. The highest BCUT2D eigenvalue weighted by Gasteiger charge is 2.57. The molecule has 1 aromatic carbocycles. The average Bonchev–Trinajstić information content (AvgIpc) is 2.81. The van der Waals surface area contributed by atoms with Crippen molar-refractivity contribution >= 4 is 5.91 Å². The molecule has 0 radical (unpaired) electrons. The van der Waals surface area contributed by atoms with Crippen molar-refractivity contribution in [3.63, 3.8) is 0 Å². The summed E-state index contributed by atoms with van der Waals surface area (Å²) in [6.45, 7) is 8.44. The van der Waals surface area contributed by atoms with Gasteiger partial charge in [-0.25, -0.2) is 0 Å². The number of benzene rings is 1. The Hall–Kier alpha value is -1.82. The lowest BCUT2D eigenvalue weighted by molar-refractivity contribution is -0.132. The largest absolute Gasteiger partial charge is 0.352 e. The maximum Gasteiger partial charge on any atom is 0.251 e. The number of hydrogen-bond acceptors (Lipinski definition) is 2. The van der Waals surface area contributed by atoms with Crippen LogP contribution in [0, 0.1) is 57.7 Å². The van der Waals surface area contributed by atoms with E-state index in [0.29, 0.717) is 27.9 Å². The molecule has 0 heterocycles. The Morgan fingerprint density at radius 3 is 2.67 bits per heavy atom. The molecule has 0 aromatic heterocycles. The van der Waals surface area contributed by atoms with Gasteiger partial charge in [0.25, 0.3) is 5.91 Å². The predicted molar refractivity (Wildman–Crippen MR) is 132 cm³/mol. The first kappa shape index (κ1) is 22.9. The van der Waals surface area contributed by atoms with E-state index in [-0.39, 0.29) is 5.91 Å². The van der Waals surface area contributed by atoms with E-state index in [0.717, 1.165) is 36.1 Å². The number of amides is 1. The summed E-state index contributed by atoms with van der Waals surface area (Å²) < 4.78 is 0. The number of nitrogens with one attached hydrogen (secondary N) is 1. The number of fused-ring (bicyclic) bond motifs is 5. The van der Waals surface area contributed by atoms with Crippen molar-refractivity contribution in [2.75, 3.05) is 6.54 Å². The third kappa shape index (κ3) is 4.02. The molecule has 1 amide bonds. The van der Waals surface area contributed by atoms with Gasteiger partial charge in [-0.05, 0) is 116 Å². The third-order valence-corrected chi connectivity index (χ3v) is 10.9. The summed E-state index contributed by atoms with van der Waals surface area (Å²) in [7, 11) is 0. The summed E-state index contributed by atoms with van der Waals surface area (Å²) in [5.74, 6) is 5.07. The van der Waals surface area contributed by atoms with Gasteiger partial charge in [0.2, 0.25) is 0 Å². The number of hydrogen-bond donors (Lipinski definition) is 1. The molecular formula is C30H42N2O. The molecule has 1 N–H and O–H groups in total. The molecule has 2 unspecified atom stereocenters. The summed E-state index contributed by atoms with van der Waals surface area (Å²) in [5.41, 5.74) is 2.10. The van der Waals surface area contributed by atoms with Crippen LogP contribution < -0.4 is 5.32 Å². The van der Waals surface area contributed by atoms with E-state index in [2.05, 4.69) is 32.2 Å². The molecule has 4 fully saturated rings. The van der Waals surface area contributed by atoms with Gasteiger partial charge in [-0.1, -0.05) is 39.7 Å². The summed E-state index contributed by atoms with van der Waals surface area (Å²) in [5, 5.41) is 12.4. The number of nitriles is 1. The van der Waals surface area contributed by atoms with Crippen molar-refractivity contribution in [2.45, 2.75) is 85.0 Å². The fraction of sp³-hybridized carbons (Fsp3) is 0.733. The van der Waals surface area contributed by atoms with Crippen molar-refractivity contribution in [1.29, 1.82) is 5.26 Å². The van der Waals surface area contributed by atoms with Crippen molar-refractivity contribution in [3.8, 4) is 6.07 Å². The van der Waals surface area contributed by atoms with Crippen molar-refractivity contribution in [3.05, 3.63) is 35.4 Å². The zero-order valence-electron chi connectivity index (χ0n) is 20.9. The molecule has 178 valence electrons. The average molecular weight is 447 g/mol. The molecular weight excluding hydrogens is 404 g/mol. The van der Waals surface area contributed by atoms with Crippen molar-refractivity contribution in [2.24, 2.45) is 46.3 Å². The Labute approximate surface area is 200 Å². The highest BCUT2D eigenvalue weighted by molar-refractivity contribution is 5.94. The third-order valence-electron chi connectivity index (χ3n) is 10.9. The standard InChI is InChI=1S/C30H42N2O/c1-20-10-11-26-24-13-15-30(3)23(19-32-28(33)22-7-4-6-21(16-22)18-31)8-5-9-27(30)25(24)12-14-29(26,2)17-20/h4,6-7,16,20,23-27H,5,8-15,17,19H2,1-3H3,(H,32,33)/t20-,23+,24?,25+,26+,27?,29+,30+/m0/s1. The van der Waals surface area contributed by atoms with E-state index in [1.807, 2.05) is 6.07 Å². The van der Waals surface area contributed by atoms with Crippen LogP contribution in [0.15, 0.2) is 24.3 Å². The molecule has 33 heavy (non-hydrogen) atoms. The topological polar surface area (TPSA) is 52.9 Å². The molecule has 0 saturated heterocycles. The summed E-state index contributed by atoms with van der Waals surface area (Å²) in [6.07, 6.45) is 13.9. The quantitative estimate of drug-likeness (QED) is 0.545. The van der Waals surface area contributed by atoms with Crippen LogP contribution in [0.2, 0.25) is 0 Å². The first-order valence-electron chi connectivity index (χ1n) is 13.6. The molecule has 4 aliphatic carbocycles. The van der Waals surface area contributed by atoms with Gasteiger partial charge in [0.15, 0.2) is 0 Å². The van der Waals surface area contributed by atoms with Gasteiger partial charge >= 0.3 is 0 Å². The van der Waals surface area contributed by atoms with Gasteiger partial charge in [-0.15, -0.1) is 0 Å². The Morgan fingerprint density at radius 1 is 1.06 bits per heavy atom. The smallest absolute Gasteiger partial charge is 0.251 e. The summed E-state index contributed by atoms with van der Waals surface area (Å²) in [4.78, 5) is 12.8. The van der Waals surface area contributed by atoms with E-state index in [1.54, 1.807) is 18.2 Å². The lowest BCUT2D eigenvalue weighted by Gasteiger charge is -2.63. The molecule has 3 heteroatoms. The minimum atomic E-state index is -0.0312. The molecule has 0 spiro atoms. The second-order valence-electron chi connectivity index (χ2n) is 12.7. The van der Waals surface area contributed by atoms with Crippen molar-refractivity contribution < 1.29 is 4.79 Å². The molecule has 4 aliphatic rings. The molecule has 8 atom stereocenters. The summed E-state index contributed by atoms with van der Waals surface area (Å²) in [6, 6.07) is 9.22. The highest BCUT2D eigenvalue weighted by atomic mass is 16.1. The van der Waals surface area contributed by atoms with Crippen molar-refractivity contribution in [1.82, 2.24) is 5.32 Å². The van der Waals surface area contributed by atoms with E-state index in [4.69, 9.17) is 5.26 Å². The molecule has 1 aromatic rings. The minimum Gasteiger partial charge on any atom is -0.352 e. The van der Waals surface area contributed by atoms with Gasteiger partial charge in [-0.3, -0.25) is 4.79 Å².